The fraction of sp³-hybridized carbons (Fsp3) is 0.316. The molecular weight excluding hydrogens is 316 g/mol. The Hall–Kier alpha value is -2.89. The van der Waals surface area contributed by atoms with Crippen molar-refractivity contribution in [1.82, 2.24) is 20.1 Å². The Morgan fingerprint density at radius 3 is 3.00 bits per heavy atom. The van der Waals surface area contributed by atoms with Crippen molar-refractivity contribution in [3.05, 3.63) is 62.7 Å². The first kappa shape index (κ1) is 15.6. The molecular formula is C19H20N4O2. The number of carbonyl (C=O) groups is 1. The fourth-order valence-corrected chi connectivity index (χ4v) is 3.52. The van der Waals surface area contributed by atoms with Crippen LogP contribution in [0.1, 0.15) is 39.3 Å². The maximum atomic E-state index is 12.5. The van der Waals surface area contributed by atoms with Crippen molar-refractivity contribution < 1.29 is 4.79 Å². The standard InChI is InChI=1S/C19H20N4O2/c1-11-6-7-17-13(8-11)16(22-23(17)2)10-20-18(24)14-9-12-4-3-5-15(12)21-19(14)25/h6-9H,3-5,10H2,1-2H3,(H,20,24)(H,21,25). The number of hydrogen-bond acceptors (Lipinski definition) is 3. The summed E-state index contributed by atoms with van der Waals surface area (Å²) in [5, 5.41) is 8.35. The van der Waals surface area contributed by atoms with Gasteiger partial charge in [-0.15, -0.1) is 0 Å². The third-order valence-electron chi connectivity index (χ3n) is 4.83. The number of fused-ring (bicyclic) bond motifs is 2. The van der Waals surface area contributed by atoms with Crippen LogP contribution in [-0.2, 0) is 26.4 Å². The summed E-state index contributed by atoms with van der Waals surface area (Å²) in [4.78, 5) is 27.5. The molecule has 2 aromatic heterocycles. The summed E-state index contributed by atoms with van der Waals surface area (Å²) in [6, 6.07) is 7.86. The van der Waals surface area contributed by atoms with E-state index >= 15 is 0 Å². The summed E-state index contributed by atoms with van der Waals surface area (Å²) in [7, 11) is 1.88. The van der Waals surface area contributed by atoms with E-state index in [0.29, 0.717) is 0 Å². The number of nitrogens with one attached hydrogen (secondary N) is 2. The van der Waals surface area contributed by atoms with Gasteiger partial charge in [-0.1, -0.05) is 11.6 Å². The van der Waals surface area contributed by atoms with Crippen LogP contribution in [0.3, 0.4) is 0 Å². The van der Waals surface area contributed by atoms with E-state index in [1.54, 1.807) is 10.7 Å². The number of aryl methyl sites for hydroxylation is 4. The number of nitrogens with zero attached hydrogens (tertiary/aromatic N) is 2. The van der Waals surface area contributed by atoms with Crippen LogP contribution in [0.15, 0.2) is 29.1 Å². The summed E-state index contributed by atoms with van der Waals surface area (Å²) in [6.45, 7) is 2.31. The van der Waals surface area contributed by atoms with Crippen molar-refractivity contribution in [2.45, 2.75) is 32.7 Å². The third-order valence-corrected chi connectivity index (χ3v) is 4.83. The molecule has 0 saturated carbocycles. The molecule has 1 aliphatic carbocycles. The van der Waals surface area contributed by atoms with Crippen molar-refractivity contribution >= 4 is 16.8 Å². The van der Waals surface area contributed by atoms with E-state index < -0.39 is 0 Å². The SMILES string of the molecule is Cc1ccc2c(c1)c(CNC(=O)c1cc3c([nH]c1=O)CCC3)nn2C. The highest BCUT2D eigenvalue weighted by Gasteiger charge is 2.18. The Morgan fingerprint density at radius 1 is 1.32 bits per heavy atom. The summed E-state index contributed by atoms with van der Waals surface area (Å²) in [5.41, 5.74) is 4.86. The molecule has 4 rings (SSSR count). The van der Waals surface area contributed by atoms with E-state index in [-0.39, 0.29) is 23.6 Å². The normalized spacial score (nSPS) is 13.2. The Kier molecular flexibility index (Phi) is 3.67. The van der Waals surface area contributed by atoms with Gasteiger partial charge in [-0.25, -0.2) is 0 Å². The van der Waals surface area contributed by atoms with Gasteiger partial charge in [0.2, 0.25) is 0 Å². The molecule has 0 spiro atoms. The number of pyridine rings is 1. The molecule has 0 bridgehead atoms. The highest BCUT2D eigenvalue weighted by molar-refractivity contribution is 5.94. The first-order valence-corrected chi connectivity index (χ1v) is 8.48. The largest absolute Gasteiger partial charge is 0.346 e. The van der Waals surface area contributed by atoms with Crippen molar-refractivity contribution in [3.63, 3.8) is 0 Å². The molecule has 1 aromatic carbocycles. The Balaban J connectivity index is 1.59. The van der Waals surface area contributed by atoms with Gasteiger partial charge in [0.05, 0.1) is 17.8 Å². The molecule has 2 heterocycles. The van der Waals surface area contributed by atoms with Crippen LogP contribution in [0.5, 0.6) is 0 Å². The zero-order valence-electron chi connectivity index (χ0n) is 14.3. The van der Waals surface area contributed by atoms with Gasteiger partial charge in [-0.05, 0) is 49.9 Å². The maximum absolute atomic E-state index is 12.5. The second-order valence-corrected chi connectivity index (χ2v) is 6.64. The van der Waals surface area contributed by atoms with Crippen LogP contribution < -0.4 is 10.9 Å². The predicted molar refractivity (Wildman–Crippen MR) is 95.7 cm³/mol. The predicted octanol–water partition coefficient (Wildman–Crippen LogP) is 1.99. The van der Waals surface area contributed by atoms with Gasteiger partial charge < -0.3 is 10.3 Å². The number of aromatic nitrogens is 3. The average Bonchev–Trinajstić information content (AvgIpc) is 3.15. The second-order valence-electron chi connectivity index (χ2n) is 6.64. The van der Waals surface area contributed by atoms with Crippen molar-refractivity contribution in [1.29, 1.82) is 0 Å². The molecule has 2 N–H and O–H groups in total. The first-order valence-electron chi connectivity index (χ1n) is 8.48. The monoisotopic (exact) mass is 336 g/mol. The molecule has 0 aliphatic heterocycles. The van der Waals surface area contributed by atoms with Gasteiger partial charge in [0.15, 0.2) is 0 Å². The molecule has 0 saturated heterocycles. The maximum Gasteiger partial charge on any atom is 0.261 e. The van der Waals surface area contributed by atoms with E-state index in [1.165, 1.54) is 0 Å². The zero-order chi connectivity index (χ0) is 17.6. The lowest BCUT2D eigenvalue weighted by Gasteiger charge is -2.06. The molecule has 6 heteroatoms. The average molecular weight is 336 g/mol. The minimum atomic E-state index is -0.359. The molecule has 25 heavy (non-hydrogen) atoms. The van der Waals surface area contributed by atoms with Gasteiger partial charge in [-0.2, -0.15) is 5.10 Å². The molecule has 128 valence electrons. The minimum Gasteiger partial charge on any atom is -0.346 e. The highest BCUT2D eigenvalue weighted by Crippen LogP contribution is 2.20. The van der Waals surface area contributed by atoms with Crippen LogP contribution in [0.2, 0.25) is 0 Å². The van der Waals surface area contributed by atoms with Gasteiger partial charge >= 0.3 is 0 Å². The quantitative estimate of drug-likeness (QED) is 0.767. The van der Waals surface area contributed by atoms with Crippen molar-refractivity contribution in [3.8, 4) is 0 Å². The number of aromatic amines is 1. The van der Waals surface area contributed by atoms with E-state index in [2.05, 4.69) is 21.5 Å². The number of rotatable bonds is 3. The number of H-pyrrole nitrogens is 1. The Morgan fingerprint density at radius 2 is 2.16 bits per heavy atom. The number of amides is 1. The smallest absolute Gasteiger partial charge is 0.261 e. The lowest BCUT2D eigenvalue weighted by atomic mass is 10.1. The molecule has 0 radical (unpaired) electrons. The molecule has 1 aliphatic rings. The van der Waals surface area contributed by atoms with Gasteiger partial charge in [0.1, 0.15) is 5.56 Å². The molecule has 3 aromatic rings. The topological polar surface area (TPSA) is 79.8 Å². The van der Waals surface area contributed by atoms with Crippen molar-refractivity contribution in [2.75, 3.05) is 0 Å². The van der Waals surface area contributed by atoms with E-state index in [1.807, 2.05) is 26.1 Å². The summed E-state index contributed by atoms with van der Waals surface area (Å²) in [6.07, 6.45) is 2.82. The van der Waals surface area contributed by atoms with Gasteiger partial charge in [0, 0.05) is 18.1 Å². The summed E-state index contributed by atoms with van der Waals surface area (Å²) in [5.74, 6) is -0.359. The fourth-order valence-electron chi connectivity index (χ4n) is 3.52. The molecule has 0 unspecified atom stereocenters. The van der Waals surface area contributed by atoms with Crippen LogP contribution in [0.25, 0.3) is 10.9 Å². The summed E-state index contributed by atoms with van der Waals surface area (Å²) >= 11 is 0. The highest BCUT2D eigenvalue weighted by atomic mass is 16.2. The van der Waals surface area contributed by atoms with Gasteiger partial charge in [-0.3, -0.25) is 14.3 Å². The molecule has 1 amide bonds. The second kappa shape index (κ2) is 5.88. The molecule has 0 fully saturated rings. The number of hydrogen-bond donors (Lipinski definition) is 2. The minimum absolute atomic E-state index is 0.178. The summed E-state index contributed by atoms with van der Waals surface area (Å²) < 4.78 is 1.80. The molecule has 6 nitrogen and oxygen atoms in total. The van der Waals surface area contributed by atoms with E-state index in [4.69, 9.17) is 0 Å². The zero-order valence-corrected chi connectivity index (χ0v) is 14.3. The van der Waals surface area contributed by atoms with Crippen molar-refractivity contribution in [2.24, 2.45) is 7.05 Å². The Labute approximate surface area is 144 Å². The number of benzene rings is 1. The molecule has 0 atom stereocenters. The van der Waals surface area contributed by atoms with Gasteiger partial charge in [0.25, 0.3) is 11.5 Å². The first-order chi connectivity index (χ1) is 12.0. The van der Waals surface area contributed by atoms with Crippen LogP contribution >= 0.6 is 0 Å². The van der Waals surface area contributed by atoms with E-state index in [0.717, 1.165) is 52.7 Å². The van der Waals surface area contributed by atoms with E-state index in [9.17, 15) is 9.59 Å². The third kappa shape index (κ3) is 2.73. The number of carbonyl (C=O) groups excluding carboxylic acids is 1. The lowest BCUT2D eigenvalue weighted by molar-refractivity contribution is 0.0949. The Bertz CT molecular complexity index is 1050. The lowest BCUT2D eigenvalue weighted by Crippen LogP contribution is -2.30. The van der Waals surface area contributed by atoms with Crippen LogP contribution in [-0.4, -0.2) is 20.7 Å². The van der Waals surface area contributed by atoms with Crippen LogP contribution in [0, 0.1) is 6.92 Å². The van der Waals surface area contributed by atoms with Crippen LogP contribution in [0.4, 0.5) is 0 Å².